The van der Waals surface area contributed by atoms with Gasteiger partial charge in [-0.1, -0.05) is 23.7 Å². The summed E-state index contributed by atoms with van der Waals surface area (Å²) in [5, 5.41) is 6.96. The fourth-order valence-corrected chi connectivity index (χ4v) is 3.19. The molecule has 0 spiro atoms. The Kier molecular flexibility index (Phi) is 6.50. The van der Waals surface area contributed by atoms with E-state index in [0.717, 1.165) is 21.9 Å². The predicted octanol–water partition coefficient (Wildman–Crippen LogP) is 5.45. The van der Waals surface area contributed by atoms with Crippen molar-refractivity contribution in [3.05, 3.63) is 89.2 Å². The fourth-order valence-electron chi connectivity index (χ4n) is 3.07. The van der Waals surface area contributed by atoms with Crippen LogP contribution in [0, 0.1) is 0 Å². The van der Waals surface area contributed by atoms with E-state index in [1.807, 2.05) is 12.1 Å². The average molecular weight is 475 g/mol. The van der Waals surface area contributed by atoms with E-state index in [2.05, 4.69) is 15.4 Å². The molecule has 0 aliphatic heterocycles. The molecule has 0 radical (unpaired) electrons. The molecule has 0 bridgehead atoms. The monoisotopic (exact) mass is 474 g/mol. The molecule has 2 aromatic heterocycles. The second kappa shape index (κ2) is 9.50. The molecule has 0 atom stereocenters. The number of aryl methyl sites for hydroxylation is 1. The number of halogens is 4. The van der Waals surface area contributed by atoms with Gasteiger partial charge in [-0.3, -0.25) is 4.79 Å². The van der Waals surface area contributed by atoms with Gasteiger partial charge < -0.3 is 9.73 Å². The lowest BCUT2D eigenvalue weighted by atomic mass is 10.2. The normalized spacial score (nSPS) is 11.5. The van der Waals surface area contributed by atoms with Crippen LogP contribution in [-0.4, -0.2) is 20.7 Å². The van der Waals surface area contributed by atoms with Crippen molar-refractivity contribution in [2.75, 3.05) is 0 Å². The summed E-state index contributed by atoms with van der Waals surface area (Å²) in [6, 6.07) is 14.8. The summed E-state index contributed by atoms with van der Waals surface area (Å²) in [5.41, 5.74) is 1.18. The Morgan fingerprint density at radius 3 is 2.45 bits per heavy atom. The second-order valence-electron chi connectivity index (χ2n) is 7.21. The number of aromatic nitrogens is 3. The average Bonchev–Trinajstić information content (AvgIpc) is 3.47. The highest BCUT2D eigenvalue weighted by Gasteiger charge is 2.33. The highest BCUT2D eigenvalue weighted by atomic mass is 35.5. The maximum absolute atomic E-state index is 12.7. The SMILES string of the molecule is O=C(CCc1ncc(-c2ccc(Cl)cc2)o1)NCc1ccc(-n2ccc(C(F)(F)F)n2)cc1. The Balaban J connectivity index is 1.26. The summed E-state index contributed by atoms with van der Waals surface area (Å²) in [5.74, 6) is 0.880. The van der Waals surface area contributed by atoms with Crippen molar-refractivity contribution < 1.29 is 22.4 Å². The molecular weight excluding hydrogens is 457 g/mol. The molecule has 4 aromatic rings. The first-order valence-corrected chi connectivity index (χ1v) is 10.4. The third kappa shape index (κ3) is 5.81. The van der Waals surface area contributed by atoms with E-state index in [0.29, 0.717) is 28.8 Å². The van der Waals surface area contributed by atoms with E-state index in [-0.39, 0.29) is 18.9 Å². The standard InChI is InChI=1S/C23H18ClF3N4O2/c24-17-5-3-16(4-6-17)19-14-29-22(33-19)10-9-21(32)28-13-15-1-7-18(8-2-15)31-12-11-20(30-31)23(25,26)27/h1-8,11-12,14H,9-10,13H2,(H,28,32). The summed E-state index contributed by atoms with van der Waals surface area (Å²) in [6.07, 6.45) is -1.08. The lowest BCUT2D eigenvalue weighted by Crippen LogP contribution is -2.23. The summed E-state index contributed by atoms with van der Waals surface area (Å²) >= 11 is 5.88. The third-order valence-corrected chi connectivity index (χ3v) is 5.07. The number of benzene rings is 2. The number of oxazole rings is 1. The van der Waals surface area contributed by atoms with E-state index in [9.17, 15) is 18.0 Å². The van der Waals surface area contributed by atoms with Crippen LogP contribution < -0.4 is 5.32 Å². The van der Waals surface area contributed by atoms with Crippen molar-refractivity contribution in [3.63, 3.8) is 0 Å². The van der Waals surface area contributed by atoms with Crippen molar-refractivity contribution in [3.8, 4) is 17.0 Å². The van der Waals surface area contributed by atoms with Gasteiger partial charge in [-0.25, -0.2) is 9.67 Å². The van der Waals surface area contributed by atoms with Gasteiger partial charge in [-0.05, 0) is 48.0 Å². The van der Waals surface area contributed by atoms with E-state index >= 15 is 0 Å². The smallest absolute Gasteiger partial charge is 0.435 e. The van der Waals surface area contributed by atoms with Crippen LogP contribution in [0.1, 0.15) is 23.6 Å². The molecule has 0 saturated heterocycles. The van der Waals surface area contributed by atoms with Crippen molar-refractivity contribution in [2.24, 2.45) is 0 Å². The van der Waals surface area contributed by atoms with Crippen LogP contribution in [-0.2, 0) is 23.9 Å². The van der Waals surface area contributed by atoms with Crippen molar-refractivity contribution in [2.45, 2.75) is 25.6 Å². The molecule has 33 heavy (non-hydrogen) atoms. The second-order valence-corrected chi connectivity index (χ2v) is 7.65. The maximum atomic E-state index is 12.7. The van der Waals surface area contributed by atoms with Gasteiger partial charge in [0.05, 0.1) is 11.9 Å². The van der Waals surface area contributed by atoms with Crippen molar-refractivity contribution >= 4 is 17.5 Å². The molecule has 1 amide bonds. The lowest BCUT2D eigenvalue weighted by molar-refractivity contribution is -0.141. The minimum Gasteiger partial charge on any atom is -0.441 e. The highest BCUT2D eigenvalue weighted by molar-refractivity contribution is 6.30. The molecule has 170 valence electrons. The van der Waals surface area contributed by atoms with Crippen LogP contribution in [0.4, 0.5) is 13.2 Å². The van der Waals surface area contributed by atoms with E-state index < -0.39 is 11.9 Å². The van der Waals surface area contributed by atoms with Gasteiger partial charge in [0.15, 0.2) is 17.3 Å². The molecule has 2 heterocycles. The van der Waals surface area contributed by atoms with Crippen LogP contribution in [0.3, 0.4) is 0 Å². The quantitative estimate of drug-likeness (QED) is 0.386. The zero-order valence-electron chi connectivity index (χ0n) is 17.1. The third-order valence-electron chi connectivity index (χ3n) is 4.82. The van der Waals surface area contributed by atoms with E-state index in [4.69, 9.17) is 16.0 Å². The van der Waals surface area contributed by atoms with Crippen LogP contribution in [0.15, 0.2) is 71.4 Å². The van der Waals surface area contributed by atoms with E-state index in [1.165, 1.54) is 6.20 Å². The molecule has 0 aliphatic carbocycles. The molecule has 0 unspecified atom stereocenters. The largest absolute Gasteiger partial charge is 0.441 e. The summed E-state index contributed by atoms with van der Waals surface area (Å²) in [7, 11) is 0. The van der Waals surface area contributed by atoms with Crippen LogP contribution >= 0.6 is 11.6 Å². The Morgan fingerprint density at radius 1 is 1.06 bits per heavy atom. The Bertz CT molecular complexity index is 1230. The Labute approximate surface area is 192 Å². The summed E-state index contributed by atoms with van der Waals surface area (Å²) in [4.78, 5) is 16.4. The lowest BCUT2D eigenvalue weighted by Gasteiger charge is -2.07. The number of carbonyl (C=O) groups is 1. The number of nitrogens with zero attached hydrogens (tertiary/aromatic N) is 3. The van der Waals surface area contributed by atoms with Crippen molar-refractivity contribution in [1.82, 2.24) is 20.1 Å². The van der Waals surface area contributed by atoms with Crippen molar-refractivity contribution in [1.29, 1.82) is 0 Å². The molecule has 0 fully saturated rings. The topological polar surface area (TPSA) is 73.0 Å². The molecular formula is C23H18ClF3N4O2. The van der Waals surface area contributed by atoms with Gasteiger partial charge in [-0.15, -0.1) is 0 Å². The zero-order chi connectivity index (χ0) is 23.4. The Hall–Kier alpha value is -3.59. The number of nitrogens with one attached hydrogen (secondary N) is 1. The van der Waals surface area contributed by atoms with Gasteiger partial charge in [0.1, 0.15) is 0 Å². The number of carbonyl (C=O) groups excluding carboxylic acids is 1. The van der Waals surface area contributed by atoms with Crippen LogP contribution in [0.5, 0.6) is 0 Å². The Morgan fingerprint density at radius 2 is 1.79 bits per heavy atom. The van der Waals surface area contributed by atoms with Gasteiger partial charge in [-0.2, -0.15) is 18.3 Å². The van der Waals surface area contributed by atoms with E-state index in [1.54, 1.807) is 42.6 Å². The molecule has 4 rings (SSSR count). The van der Waals surface area contributed by atoms with Gasteiger partial charge in [0.25, 0.3) is 0 Å². The number of alkyl halides is 3. The van der Waals surface area contributed by atoms with Crippen LogP contribution in [0.2, 0.25) is 5.02 Å². The molecule has 2 aromatic carbocycles. The number of amides is 1. The van der Waals surface area contributed by atoms with Gasteiger partial charge in [0.2, 0.25) is 5.91 Å². The van der Waals surface area contributed by atoms with Crippen LogP contribution in [0.25, 0.3) is 17.0 Å². The highest BCUT2D eigenvalue weighted by Crippen LogP contribution is 2.28. The fraction of sp³-hybridized carbons (Fsp3) is 0.174. The summed E-state index contributed by atoms with van der Waals surface area (Å²) < 4.78 is 44.9. The minimum absolute atomic E-state index is 0.174. The number of hydrogen-bond acceptors (Lipinski definition) is 4. The zero-order valence-corrected chi connectivity index (χ0v) is 17.9. The molecule has 1 N–H and O–H groups in total. The summed E-state index contributed by atoms with van der Waals surface area (Å²) in [6.45, 7) is 0.285. The van der Waals surface area contributed by atoms with Gasteiger partial charge in [0, 0.05) is 36.2 Å². The molecule has 0 aliphatic rings. The number of rotatable bonds is 7. The molecule has 0 saturated carbocycles. The van der Waals surface area contributed by atoms with Gasteiger partial charge >= 0.3 is 6.18 Å². The number of hydrogen-bond donors (Lipinski definition) is 1. The maximum Gasteiger partial charge on any atom is 0.435 e. The molecule has 10 heteroatoms. The molecule has 6 nitrogen and oxygen atoms in total. The first kappa shape index (κ1) is 22.6. The first-order chi connectivity index (χ1) is 15.8. The first-order valence-electron chi connectivity index (χ1n) is 9.97. The minimum atomic E-state index is -4.49. The predicted molar refractivity (Wildman–Crippen MR) is 116 cm³/mol.